The SMILES string of the molecule is O=S(=O)(c1ccccc1)n1cc(-c2cn(S(=O)(=O)c3ccccc3)c3ccccc23)c2ccccc21. The molecule has 0 saturated carbocycles. The first-order chi connectivity index (χ1) is 17.4. The van der Waals surface area contributed by atoms with Crippen LogP contribution in [0.25, 0.3) is 32.9 Å². The Kier molecular flexibility index (Phi) is 5.10. The molecule has 0 bridgehead atoms. The smallest absolute Gasteiger partial charge is 0.241 e. The Morgan fingerprint density at radius 3 is 1.14 bits per heavy atom. The molecule has 0 aliphatic heterocycles. The first-order valence-electron chi connectivity index (χ1n) is 11.2. The van der Waals surface area contributed by atoms with Gasteiger partial charge in [0.15, 0.2) is 0 Å². The Bertz CT molecular complexity index is 1810. The lowest BCUT2D eigenvalue weighted by Gasteiger charge is -2.07. The van der Waals surface area contributed by atoms with Crippen LogP contribution in [0.1, 0.15) is 0 Å². The van der Waals surface area contributed by atoms with Gasteiger partial charge in [-0.3, -0.25) is 0 Å². The predicted molar refractivity (Wildman–Crippen MR) is 141 cm³/mol. The summed E-state index contributed by atoms with van der Waals surface area (Å²) in [6, 6.07) is 30.9. The van der Waals surface area contributed by atoms with Crippen LogP contribution < -0.4 is 0 Å². The Balaban J connectivity index is 1.64. The van der Waals surface area contributed by atoms with Crippen LogP contribution in [0.5, 0.6) is 0 Å². The lowest BCUT2D eigenvalue weighted by atomic mass is 10.0. The van der Waals surface area contributed by atoms with E-state index in [-0.39, 0.29) is 9.79 Å². The molecular weight excluding hydrogens is 492 g/mol. The number of para-hydroxylation sites is 2. The maximum Gasteiger partial charge on any atom is 0.268 e. The van der Waals surface area contributed by atoms with Crippen LogP contribution >= 0.6 is 0 Å². The molecule has 0 fully saturated rings. The summed E-state index contributed by atoms with van der Waals surface area (Å²) < 4.78 is 56.8. The van der Waals surface area contributed by atoms with Crippen molar-refractivity contribution >= 4 is 41.9 Å². The Morgan fingerprint density at radius 2 is 0.750 bits per heavy atom. The summed E-state index contributed by atoms with van der Waals surface area (Å²) in [5.74, 6) is 0. The Morgan fingerprint density at radius 1 is 0.417 bits per heavy atom. The number of rotatable bonds is 5. The van der Waals surface area contributed by atoms with Crippen molar-refractivity contribution in [2.75, 3.05) is 0 Å². The van der Waals surface area contributed by atoms with Crippen molar-refractivity contribution in [3.05, 3.63) is 122 Å². The normalized spacial score (nSPS) is 12.3. The second kappa shape index (κ2) is 8.22. The second-order valence-electron chi connectivity index (χ2n) is 8.35. The summed E-state index contributed by atoms with van der Waals surface area (Å²) in [6.45, 7) is 0. The zero-order valence-corrected chi connectivity index (χ0v) is 20.5. The van der Waals surface area contributed by atoms with Crippen molar-refractivity contribution in [1.82, 2.24) is 7.94 Å². The molecule has 0 aliphatic carbocycles. The van der Waals surface area contributed by atoms with Crippen molar-refractivity contribution in [3.8, 4) is 11.1 Å². The van der Waals surface area contributed by atoms with E-state index in [2.05, 4.69) is 0 Å². The molecule has 4 aromatic carbocycles. The number of hydrogen-bond donors (Lipinski definition) is 0. The summed E-state index contributed by atoms with van der Waals surface area (Å²) in [4.78, 5) is 0.345. The maximum absolute atomic E-state index is 13.6. The Hall–Kier alpha value is -4.14. The van der Waals surface area contributed by atoms with Gasteiger partial charge in [0.05, 0.1) is 20.8 Å². The number of hydrogen-bond acceptors (Lipinski definition) is 4. The van der Waals surface area contributed by atoms with Crippen LogP contribution in [0.3, 0.4) is 0 Å². The highest BCUT2D eigenvalue weighted by Gasteiger charge is 2.25. The summed E-state index contributed by atoms with van der Waals surface area (Å²) in [5, 5.41) is 1.41. The third-order valence-corrected chi connectivity index (χ3v) is 9.62. The summed E-state index contributed by atoms with van der Waals surface area (Å²) in [6.07, 6.45) is 3.16. The molecule has 36 heavy (non-hydrogen) atoms. The fourth-order valence-electron chi connectivity index (χ4n) is 4.54. The molecule has 6 aromatic rings. The van der Waals surface area contributed by atoms with E-state index in [0.29, 0.717) is 32.9 Å². The van der Waals surface area contributed by atoms with E-state index < -0.39 is 20.0 Å². The van der Waals surface area contributed by atoms with E-state index in [9.17, 15) is 16.8 Å². The molecule has 0 radical (unpaired) electrons. The number of aromatic nitrogens is 2. The minimum absolute atomic E-state index is 0.173. The predicted octanol–water partition coefficient (Wildman–Crippen LogP) is 5.74. The molecule has 6 nitrogen and oxygen atoms in total. The van der Waals surface area contributed by atoms with Gasteiger partial charge in [0.25, 0.3) is 20.0 Å². The van der Waals surface area contributed by atoms with Crippen molar-refractivity contribution in [2.45, 2.75) is 9.79 Å². The molecule has 8 heteroatoms. The fraction of sp³-hybridized carbons (Fsp3) is 0. The lowest BCUT2D eigenvalue weighted by Crippen LogP contribution is -2.11. The first-order valence-corrected chi connectivity index (χ1v) is 14.1. The van der Waals surface area contributed by atoms with Gasteiger partial charge in [-0.2, -0.15) is 0 Å². The van der Waals surface area contributed by atoms with Gasteiger partial charge in [-0.1, -0.05) is 72.8 Å². The third kappa shape index (κ3) is 3.37. The van der Waals surface area contributed by atoms with Crippen LogP contribution in [-0.2, 0) is 20.0 Å². The van der Waals surface area contributed by atoms with Crippen LogP contribution in [0.4, 0.5) is 0 Å². The van der Waals surface area contributed by atoms with Gasteiger partial charge in [0, 0.05) is 34.3 Å². The van der Waals surface area contributed by atoms with Crippen LogP contribution in [-0.4, -0.2) is 24.8 Å². The van der Waals surface area contributed by atoms with Gasteiger partial charge < -0.3 is 0 Å². The zero-order chi connectivity index (χ0) is 24.9. The molecule has 0 aliphatic rings. The van der Waals surface area contributed by atoms with Gasteiger partial charge in [0.1, 0.15) is 0 Å². The van der Waals surface area contributed by atoms with Gasteiger partial charge >= 0.3 is 0 Å². The molecule has 2 heterocycles. The topological polar surface area (TPSA) is 78.1 Å². The molecule has 178 valence electrons. The van der Waals surface area contributed by atoms with E-state index in [1.54, 1.807) is 97.3 Å². The molecule has 2 aromatic heterocycles. The van der Waals surface area contributed by atoms with Gasteiger partial charge in [0.2, 0.25) is 0 Å². The molecule has 0 N–H and O–H groups in total. The first kappa shape index (κ1) is 22.3. The highest BCUT2D eigenvalue weighted by molar-refractivity contribution is 7.90. The van der Waals surface area contributed by atoms with E-state index in [1.807, 2.05) is 24.3 Å². The highest BCUT2D eigenvalue weighted by atomic mass is 32.2. The average molecular weight is 513 g/mol. The molecule has 0 unspecified atom stereocenters. The molecule has 0 saturated heterocycles. The average Bonchev–Trinajstić information content (AvgIpc) is 3.49. The maximum atomic E-state index is 13.6. The minimum Gasteiger partial charge on any atom is -0.241 e. The third-order valence-electron chi connectivity index (χ3n) is 6.25. The van der Waals surface area contributed by atoms with Gasteiger partial charge in [-0.15, -0.1) is 0 Å². The van der Waals surface area contributed by atoms with E-state index >= 15 is 0 Å². The number of benzene rings is 4. The summed E-state index contributed by atoms with van der Waals surface area (Å²) in [5.41, 5.74) is 2.28. The van der Waals surface area contributed by atoms with E-state index in [4.69, 9.17) is 0 Å². The molecule has 0 atom stereocenters. The van der Waals surface area contributed by atoms with E-state index in [0.717, 1.165) is 0 Å². The number of fused-ring (bicyclic) bond motifs is 2. The van der Waals surface area contributed by atoms with Gasteiger partial charge in [-0.25, -0.2) is 24.8 Å². The highest BCUT2D eigenvalue weighted by Crippen LogP contribution is 2.38. The van der Waals surface area contributed by atoms with Crippen molar-refractivity contribution in [1.29, 1.82) is 0 Å². The molecule has 0 amide bonds. The monoisotopic (exact) mass is 512 g/mol. The van der Waals surface area contributed by atoms with Gasteiger partial charge in [-0.05, 0) is 36.4 Å². The van der Waals surface area contributed by atoms with Crippen LogP contribution in [0, 0.1) is 0 Å². The molecule has 0 spiro atoms. The van der Waals surface area contributed by atoms with Crippen molar-refractivity contribution < 1.29 is 16.8 Å². The molecular formula is C28H20N2O4S2. The number of nitrogens with zero attached hydrogens (tertiary/aromatic N) is 2. The standard InChI is InChI=1S/C28H20N2O4S2/c31-35(32,21-11-3-1-4-12-21)29-19-25(23-15-7-9-17-27(23)29)26-20-30(28-18-10-8-16-24(26)28)36(33,34)22-13-5-2-6-14-22/h1-20H. The van der Waals surface area contributed by atoms with Crippen LogP contribution in [0.2, 0.25) is 0 Å². The van der Waals surface area contributed by atoms with E-state index in [1.165, 1.54) is 7.94 Å². The quantitative estimate of drug-likeness (QED) is 0.295. The van der Waals surface area contributed by atoms with Crippen LogP contribution in [0.15, 0.2) is 131 Å². The largest absolute Gasteiger partial charge is 0.268 e. The summed E-state index contributed by atoms with van der Waals surface area (Å²) in [7, 11) is -7.76. The van der Waals surface area contributed by atoms with Crippen molar-refractivity contribution in [3.63, 3.8) is 0 Å². The lowest BCUT2D eigenvalue weighted by molar-refractivity contribution is 0.587. The zero-order valence-electron chi connectivity index (χ0n) is 18.9. The fourth-order valence-corrected chi connectivity index (χ4v) is 7.32. The summed E-state index contributed by atoms with van der Waals surface area (Å²) >= 11 is 0. The second-order valence-corrected chi connectivity index (χ2v) is 12.0. The van der Waals surface area contributed by atoms with Crippen molar-refractivity contribution in [2.24, 2.45) is 0 Å². The minimum atomic E-state index is -3.88. The Labute approximate surface area is 208 Å². The molecule has 6 rings (SSSR count).